The number of rotatable bonds is 3. The van der Waals surface area contributed by atoms with Crippen LogP contribution in [-0.2, 0) is 5.41 Å². The maximum atomic E-state index is 5.36. The van der Waals surface area contributed by atoms with Crippen molar-refractivity contribution in [3.63, 3.8) is 0 Å². The molecular weight excluding hydrogens is 707 g/mol. The van der Waals surface area contributed by atoms with Crippen LogP contribution >= 0.6 is 0 Å². The lowest BCUT2D eigenvalue weighted by atomic mass is 9.67. The van der Waals surface area contributed by atoms with Crippen LogP contribution in [0.4, 0.5) is 0 Å². The monoisotopic (exact) mass is 737 g/mol. The van der Waals surface area contributed by atoms with Gasteiger partial charge < -0.3 is 0 Å². The number of hydrogen-bond acceptors (Lipinski definition) is 2. The quantitative estimate of drug-likeness (QED) is 0.181. The number of aromatic nitrogens is 5. The minimum atomic E-state index is -0.488. The summed E-state index contributed by atoms with van der Waals surface area (Å²) in [4.78, 5) is 10.7. The lowest BCUT2D eigenvalue weighted by Crippen LogP contribution is -2.28. The summed E-state index contributed by atoms with van der Waals surface area (Å²) in [5, 5.41) is 4.75. The molecule has 0 spiro atoms. The van der Waals surface area contributed by atoms with Gasteiger partial charge in [0.25, 0.3) is 0 Å². The van der Waals surface area contributed by atoms with Crippen LogP contribution in [0.3, 0.4) is 0 Å². The summed E-state index contributed by atoms with van der Waals surface area (Å²) in [6.07, 6.45) is 0. The molecule has 0 atom stereocenters. The molecular formula is C53H31N5. The molecule has 58 heavy (non-hydrogen) atoms. The molecule has 13 aromatic rings. The summed E-state index contributed by atoms with van der Waals surface area (Å²) < 4.78 is 6.98. The Balaban J connectivity index is 1.12. The van der Waals surface area contributed by atoms with Gasteiger partial charge in [0, 0.05) is 0 Å². The Hall–Kier alpha value is -7.76. The van der Waals surface area contributed by atoms with Crippen molar-refractivity contribution in [1.82, 2.24) is 23.2 Å². The summed E-state index contributed by atoms with van der Waals surface area (Å²) in [5.74, 6) is 1.74. The fourth-order valence-corrected chi connectivity index (χ4v) is 10.5. The van der Waals surface area contributed by atoms with Crippen molar-refractivity contribution in [2.75, 3.05) is 0 Å². The molecule has 0 amide bonds. The van der Waals surface area contributed by atoms with Crippen LogP contribution in [0.15, 0.2) is 188 Å². The van der Waals surface area contributed by atoms with E-state index in [2.05, 4.69) is 201 Å². The van der Waals surface area contributed by atoms with E-state index < -0.39 is 5.41 Å². The Morgan fingerprint density at radius 2 is 0.828 bits per heavy atom. The van der Waals surface area contributed by atoms with Gasteiger partial charge in [0.1, 0.15) is 5.52 Å². The van der Waals surface area contributed by atoms with E-state index in [4.69, 9.17) is 9.97 Å². The van der Waals surface area contributed by atoms with Crippen molar-refractivity contribution in [3.05, 3.63) is 210 Å². The van der Waals surface area contributed by atoms with Crippen molar-refractivity contribution < 1.29 is 0 Å². The van der Waals surface area contributed by atoms with Crippen molar-refractivity contribution in [1.29, 1.82) is 0 Å². The highest BCUT2D eigenvalue weighted by Gasteiger charge is 2.46. The van der Waals surface area contributed by atoms with E-state index >= 15 is 0 Å². The highest BCUT2D eigenvalue weighted by molar-refractivity contribution is 6.08. The molecule has 0 radical (unpaired) electrons. The van der Waals surface area contributed by atoms with Gasteiger partial charge in [-0.25, -0.2) is 14.4 Å². The SMILES string of the molecule is c1ccc(C2(c3ccccc3)c3ccccc3-c3ccc(-c4cc5c6c(c4)n4c7cc8ccccc8cc7nc4n6c4nc6cc7ccccc7cc6n54)cc32)cc1. The molecule has 0 unspecified atom stereocenters. The molecule has 0 bridgehead atoms. The molecule has 4 heterocycles. The average molecular weight is 738 g/mol. The molecule has 4 aromatic heterocycles. The maximum absolute atomic E-state index is 5.36. The van der Waals surface area contributed by atoms with E-state index in [1.54, 1.807) is 0 Å². The highest BCUT2D eigenvalue weighted by atomic mass is 15.3. The van der Waals surface area contributed by atoms with Crippen LogP contribution in [0.1, 0.15) is 22.3 Å². The normalized spacial score (nSPS) is 13.7. The smallest absolute Gasteiger partial charge is 0.223 e. The fraction of sp³-hybridized carbons (Fsp3) is 0.0189. The largest absolute Gasteiger partial charge is 0.276 e. The maximum Gasteiger partial charge on any atom is 0.223 e. The minimum absolute atomic E-state index is 0.488. The number of fused-ring (bicyclic) bond motifs is 15. The van der Waals surface area contributed by atoms with Gasteiger partial charge in [0.15, 0.2) is 0 Å². The third kappa shape index (κ3) is 3.71. The highest BCUT2D eigenvalue weighted by Crippen LogP contribution is 2.57. The Morgan fingerprint density at radius 1 is 0.345 bits per heavy atom. The van der Waals surface area contributed by atoms with Gasteiger partial charge in [-0.1, -0.05) is 146 Å². The summed E-state index contributed by atoms with van der Waals surface area (Å²) in [6, 6.07) is 69.1. The van der Waals surface area contributed by atoms with Gasteiger partial charge in [-0.15, -0.1) is 0 Å². The standard InChI is InChI=1S/C53H31N5/c1-3-17-38(18-4-1)53(39-19-5-2-6-20-39)42-22-12-11-21-40(42)41-24-23-36(25-43(41)53)37-30-48-50-49(31-37)57-47-29-35-16-10-8-14-33(35)27-45(47)55-52(57)58(50)51-54-44-26-32-13-7-9-15-34(32)28-46(44)56(48)51/h1-31H. The van der Waals surface area contributed by atoms with Crippen LogP contribution in [-0.4, -0.2) is 23.2 Å². The lowest BCUT2D eigenvalue weighted by Gasteiger charge is -2.34. The second-order valence-electron chi connectivity index (χ2n) is 15.9. The first kappa shape index (κ1) is 30.5. The molecule has 5 nitrogen and oxygen atoms in total. The van der Waals surface area contributed by atoms with Gasteiger partial charge >= 0.3 is 0 Å². The molecule has 1 aliphatic carbocycles. The molecule has 0 aliphatic heterocycles. The summed E-state index contributed by atoms with van der Waals surface area (Å²) in [6.45, 7) is 0. The Bertz CT molecular complexity index is 3650. The van der Waals surface area contributed by atoms with Crippen LogP contribution < -0.4 is 0 Å². The average Bonchev–Trinajstić information content (AvgIpc) is 4.06. The lowest BCUT2D eigenvalue weighted by molar-refractivity contribution is 0.769. The number of imidazole rings is 4. The van der Waals surface area contributed by atoms with Gasteiger partial charge in [0.05, 0.1) is 38.5 Å². The van der Waals surface area contributed by atoms with Crippen LogP contribution in [0, 0.1) is 0 Å². The second kappa shape index (κ2) is 10.8. The summed E-state index contributed by atoms with van der Waals surface area (Å²) >= 11 is 0. The molecule has 5 heteroatoms. The third-order valence-corrected chi connectivity index (χ3v) is 13.0. The predicted octanol–water partition coefficient (Wildman–Crippen LogP) is 12.5. The van der Waals surface area contributed by atoms with Gasteiger partial charge in [-0.2, -0.15) is 0 Å². The van der Waals surface area contributed by atoms with Gasteiger partial charge in [-0.3, -0.25) is 8.80 Å². The van der Waals surface area contributed by atoms with E-state index in [9.17, 15) is 0 Å². The first-order valence-corrected chi connectivity index (χ1v) is 19.9. The number of nitrogens with zero attached hydrogens (tertiary/aromatic N) is 5. The summed E-state index contributed by atoms with van der Waals surface area (Å²) in [5.41, 5.74) is 17.0. The topological polar surface area (TPSA) is 39.0 Å². The first-order valence-electron chi connectivity index (χ1n) is 19.9. The zero-order chi connectivity index (χ0) is 37.7. The van der Waals surface area contributed by atoms with Crippen molar-refractivity contribution in [3.8, 4) is 22.3 Å². The van der Waals surface area contributed by atoms with E-state index in [-0.39, 0.29) is 0 Å². The van der Waals surface area contributed by atoms with Crippen LogP contribution in [0.5, 0.6) is 0 Å². The van der Waals surface area contributed by atoms with Gasteiger partial charge in [-0.05, 0) is 109 Å². The van der Waals surface area contributed by atoms with E-state index in [1.165, 1.54) is 60.5 Å². The molecule has 14 rings (SSSR count). The van der Waals surface area contributed by atoms with E-state index in [0.717, 1.165) is 55.7 Å². The van der Waals surface area contributed by atoms with E-state index in [0.29, 0.717) is 0 Å². The van der Waals surface area contributed by atoms with E-state index in [1.807, 2.05) is 0 Å². The summed E-state index contributed by atoms with van der Waals surface area (Å²) in [7, 11) is 0. The molecule has 1 aliphatic rings. The van der Waals surface area contributed by atoms with Crippen molar-refractivity contribution >= 4 is 71.7 Å². The predicted molar refractivity (Wildman–Crippen MR) is 236 cm³/mol. The third-order valence-electron chi connectivity index (χ3n) is 13.0. The number of hydrogen-bond donors (Lipinski definition) is 0. The van der Waals surface area contributed by atoms with Crippen LogP contribution in [0.25, 0.3) is 94.0 Å². The van der Waals surface area contributed by atoms with Crippen molar-refractivity contribution in [2.24, 2.45) is 0 Å². The number of benzene rings is 9. The van der Waals surface area contributed by atoms with Crippen LogP contribution in [0.2, 0.25) is 0 Å². The minimum Gasteiger partial charge on any atom is -0.276 e. The molecule has 0 saturated carbocycles. The molecule has 0 fully saturated rings. The fourth-order valence-electron chi connectivity index (χ4n) is 10.5. The molecule has 9 aromatic carbocycles. The zero-order valence-corrected chi connectivity index (χ0v) is 31.1. The molecule has 0 saturated heterocycles. The second-order valence-corrected chi connectivity index (χ2v) is 15.9. The molecule has 268 valence electrons. The van der Waals surface area contributed by atoms with Crippen molar-refractivity contribution in [2.45, 2.75) is 5.41 Å². The Kier molecular flexibility index (Phi) is 5.65. The zero-order valence-electron chi connectivity index (χ0n) is 31.1. The molecule has 0 N–H and O–H groups in total. The Morgan fingerprint density at radius 3 is 1.40 bits per heavy atom. The Labute approximate surface area is 331 Å². The first-order chi connectivity index (χ1) is 28.7. The van der Waals surface area contributed by atoms with Gasteiger partial charge in [0.2, 0.25) is 11.6 Å².